The number of aromatic nitrogens is 1. The van der Waals surface area contributed by atoms with Gasteiger partial charge in [0.1, 0.15) is 5.69 Å². The third-order valence-corrected chi connectivity index (χ3v) is 3.77. The Kier molecular flexibility index (Phi) is 4.13. The van der Waals surface area contributed by atoms with Crippen molar-refractivity contribution in [1.82, 2.24) is 10.3 Å². The molecule has 0 aliphatic heterocycles. The summed E-state index contributed by atoms with van der Waals surface area (Å²) in [5.41, 5.74) is -0.547. The summed E-state index contributed by atoms with van der Waals surface area (Å²) in [7, 11) is 0. The number of furan rings is 1. The van der Waals surface area contributed by atoms with E-state index < -0.39 is 11.5 Å². The number of nitrogens with one attached hydrogen (secondary N) is 1. The lowest BCUT2D eigenvalue weighted by Gasteiger charge is -2.23. The predicted octanol–water partition coefficient (Wildman–Crippen LogP) is 2.69. The van der Waals surface area contributed by atoms with Crippen molar-refractivity contribution in [3.8, 4) is 10.8 Å². The highest BCUT2D eigenvalue weighted by molar-refractivity contribution is 7.15. The zero-order valence-corrected chi connectivity index (χ0v) is 12.8. The third-order valence-electron chi connectivity index (χ3n) is 2.79. The summed E-state index contributed by atoms with van der Waals surface area (Å²) < 4.78 is 5.26. The first-order valence-corrected chi connectivity index (χ1v) is 7.16. The van der Waals surface area contributed by atoms with E-state index in [9.17, 15) is 9.59 Å². The second-order valence-electron chi connectivity index (χ2n) is 5.31. The van der Waals surface area contributed by atoms with Gasteiger partial charge in [0.05, 0.1) is 12.7 Å². The first-order chi connectivity index (χ1) is 9.78. The van der Waals surface area contributed by atoms with Crippen LogP contribution < -0.4 is 5.32 Å². The standard InChI is InChI=1S/C14H16N2O4S/c1-8-11(12(19)16-14(2,3)7-10(17)18)15-13(21-8)9-5-4-6-20-9/h4-6H,7H2,1-3H3,(H,16,19)(H,17,18). The van der Waals surface area contributed by atoms with Gasteiger partial charge < -0.3 is 14.8 Å². The van der Waals surface area contributed by atoms with Crippen LogP contribution in [0.25, 0.3) is 10.8 Å². The van der Waals surface area contributed by atoms with Crippen LogP contribution in [0.1, 0.15) is 35.6 Å². The molecule has 0 bridgehead atoms. The topological polar surface area (TPSA) is 92.4 Å². The molecule has 21 heavy (non-hydrogen) atoms. The number of carbonyl (C=O) groups excluding carboxylic acids is 1. The minimum Gasteiger partial charge on any atom is -0.481 e. The van der Waals surface area contributed by atoms with Crippen molar-refractivity contribution >= 4 is 23.2 Å². The van der Waals surface area contributed by atoms with Crippen molar-refractivity contribution < 1.29 is 19.1 Å². The highest BCUT2D eigenvalue weighted by atomic mass is 32.1. The van der Waals surface area contributed by atoms with Gasteiger partial charge in [0.25, 0.3) is 5.91 Å². The van der Waals surface area contributed by atoms with E-state index in [0.717, 1.165) is 4.88 Å². The smallest absolute Gasteiger partial charge is 0.305 e. The Morgan fingerprint density at radius 1 is 1.48 bits per heavy atom. The van der Waals surface area contributed by atoms with Crippen LogP contribution in [0, 0.1) is 6.92 Å². The van der Waals surface area contributed by atoms with Crippen molar-refractivity contribution in [2.75, 3.05) is 0 Å². The van der Waals surface area contributed by atoms with Gasteiger partial charge in [0, 0.05) is 10.4 Å². The lowest BCUT2D eigenvalue weighted by atomic mass is 10.0. The normalized spacial score (nSPS) is 11.4. The molecule has 7 heteroatoms. The first kappa shape index (κ1) is 15.2. The lowest BCUT2D eigenvalue weighted by Crippen LogP contribution is -2.45. The molecule has 0 saturated carbocycles. The van der Waals surface area contributed by atoms with Crippen molar-refractivity contribution in [3.63, 3.8) is 0 Å². The van der Waals surface area contributed by atoms with E-state index in [1.165, 1.54) is 11.3 Å². The van der Waals surface area contributed by atoms with Gasteiger partial charge in [0.15, 0.2) is 10.8 Å². The summed E-state index contributed by atoms with van der Waals surface area (Å²) in [5, 5.41) is 12.2. The maximum absolute atomic E-state index is 12.3. The molecule has 0 aliphatic rings. The van der Waals surface area contributed by atoms with Crippen molar-refractivity contribution in [1.29, 1.82) is 0 Å². The van der Waals surface area contributed by atoms with Crippen molar-refractivity contribution in [2.24, 2.45) is 0 Å². The number of amides is 1. The number of hydrogen-bond acceptors (Lipinski definition) is 5. The molecule has 2 rings (SSSR count). The molecule has 0 aromatic carbocycles. The van der Waals surface area contributed by atoms with E-state index in [4.69, 9.17) is 9.52 Å². The van der Waals surface area contributed by atoms with Crippen LogP contribution in [0.3, 0.4) is 0 Å². The Balaban J connectivity index is 2.18. The van der Waals surface area contributed by atoms with Crippen LogP contribution in [-0.4, -0.2) is 27.5 Å². The van der Waals surface area contributed by atoms with Crippen LogP contribution in [0.15, 0.2) is 22.8 Å². The summed E-state index contributed by atoms with van der Waals surface area (Å²) in [6.07, 6.45) is 1.38. The van der Waals surface area contributed by atoms with Crippen LogP contribution in [-0.2, 0) is 4.79 Å². The highest BCUT2D eigenvalue weighted by Crippen LogP contribution is 2.28. The van der Waals surface area contributed by atoms with Gasteiger partial charge in [-0.05, 0) is 32.9 Å². The zero-order valence-electron chi connectivity index (χ0n) is 12.0. The second kappa shape index (κ2) is 5.69. The van der Waals surface area contributed by atoms with E-state index in [-0.39, 0.29) is 12.3 Å². The number of aryl methyl sites for hydroxylation is 1. The Morgan fingerprint density at radius 2 is 2.19 bits per heavy atom. The molecule has 0 fully saturated rings. The lowest BCUT2D eigenvalue weighted by molar-refractivity contribution is -0.138. The average molecular weight is 308 g/mol. The van der Waals surface area contributed by atoms with Gasteiger partial charge in [-0.15, -0.1) is 11.3 Å². The molecule has 6 nitrogen and oxygen atoms in total. The molecule has 2 aromatic heterocycles. The average Bonchev–Trinajstić information content (AvgIpc) is 2.94. The van der Waals surface area contributed by atoms with Crippen molar-refractivity contribution in [2.45, 2.75) is 32.7 Å². The van der Waals surface area contributed by atoms with Gasteiger partial charge in [-0.3, -0.25) is 9.59 Å². The largest absolute Gasteiger partial charge is 0.481 e. The number of nitrogens with zero attached hydrogens (tertiary/aromatic N) is 1. The Bertz CT molecular complexity index is 659. The fraction of sp³-hybridized carbons (Fsp3) is 0.357. The molecule has 1 amide bonds. The summed E-state index contributed by atoms with van der Waals surface area (Å²) in [5.74, 6) is -0.744. The van der Waals surface area contributed by atoms with E-state index in [0.29, 0.717) is 16.5 Å². The number of thiazole rings is 1. The first-order valence-electron chi connectivity index (χ1n) is 6.34. The van der Waals surface area contributed by atoms with Gasteiger partial charge in [0.2, 0.25) is 0 Å². The van der Waals surface area contributed by atoms with E-state index in [2.05, 4.69) is 10.3 Å². The maximum Gasteiger partial charge on any atom is 0.305 e. The van der Waals surface area contributed by atoms with Crippen LogP contribution >= 0.6 is 11.3 Å². The molecule has 0 saturated heterocycles. The summed E-state index contributed by atoms with van der Waals surface area (Å²) >= 11 is 1.36. The summed E-state index contributed by atoms with van der Waals surface area (Å²) in [6.45, 7) is 5.12. The Hall–Kier alpha value is -2.15. The zero-order chi connectivity index (χ0) is 15.6. The molecule has 0 radical (unpaired) electrons. The summed E-state index contributed by atoms with van der Waals surface area (Å²) in [4.78, 5) is 28.1. The van der Waals surface area contributed by atoms with Crippen LogP contribution in [0.4, 0.5) is 0 Å². The molecular formula is C14H16N2O4S. The molecule has 0 spiro atoms. The Morgan fingerprint density at radius 3 is 2.76 bits per heavy atom. The fourth-order valence-corrected chi connectivity index (χ4v) is 2.78. The van der Waals surface area contributed by atoms with E-state index in [1.807, 2.05) is 0 Å². The SMILES string of the molecule is Cc1sc(-c2ccco2)nc1C(=O)NC(C)(C)CC(=O)O. The highest BCUT2D eigenvalue weighted by Gasteiger charge is 2.27. The van der Waals surface area contributed by atoms with Gasteiger partial charge >= 0.3 is 5.97 Å². The van der Waals surface area contributed by atoms with Gasteiger partial charge in [-0.25, -0.2) is 4.98 Å². The predicted molar refractivity (Wildman–Crippen MR) is 78.4 cm³/mol. The minimum atomic E-state index is -0.966. The van der Waals surface area contributed by atoms with Crippen LogP contribution in [0.5, 0.6) is 0 Å². The van der Waals surface area contributed by atoms with E-state index in [1.54, 1.807) is 39.2 Å². The molecule has 0 unspecified atom stereocenters. The van der Waals surface area contributed by atoms with Crippen molar-refractivity contribution in [3.05, 3.63) is 29.0 Å². The monoisotopic (exact) mass is 308 g/mol. The molecule has 0 aliphatic carbocycles. The molecule has 2 heterocycles. The minimum absolute atomic E-state index is 0.160. The molecule has 2 aromatic rings. The van der Waals surface area contributed by atoms with Gasteiger partial charge in [-0.1, -0.05) is 0 Å². The van der Waals surface area contributed by atoms with Crippen LogP contribution in [0.2, 0.25) is 0 Å². The number of carboxylic acid groups (broad SMARTS) is 1. The molecule has 0 atom stereocenters. The molecule has 2 N–H and O–H groups in total. The third kappa shape index (κ3) is 3.69. The quantitative estimate of drug-likeness (QED) is 0.886. The fourth-order valence-electron chi connectivity index (χ4n) is 1.90. The Labute approximate surface area is 125 Å². The number of rotatable bonds is 5. The molecule has 112 valence electrons. The van der Waals surface area contributed by atoms with Gasteiger partial charge in [-0.2, -0.15) is 0 Å². The number of carbonyl (C=O) groups is 2. The number of hydrogen-bond donors (Lipinski definition) is 2. The number of carboxylic acids is 1. The molecular weight excluding hydrogens is 292 g/mol. The summed E-state index contributed by atoms with van der Waals surface area (Å²) in [6, 6.07) is 3.52. The number of aliphatic carboxylic acids is 1. The second-order valence-corrected chi connectivity index (χ2v) is 6.51. The maximum atomic E-state index is 12.3. The van der Waals surface area contributed by atoms with E-state index >= 15 is 0 Å².